The molecule has 0 saturated carbocycles. The average molecular weight is 892 g/mol. The van der Waals surface area contributed by atoms with E-state index in [4.69, 9.17) is 21.1 Å². The second-order valence-electron chi connectivity index (χ2n) is 18.7. The third-order valence-electron chi connectivity index (χ3n) is 14.2. The van der Waals surface area contributed by atoms with Gasteiger partial charge >= 0.3 is 6.01 Å². The molecule has 4 amide bonds. The summed E-state index contributed by atoms with van der Waals surface area (Å²) in [5.41, 5.74) is 3.01. The second kappa shape index (κ2) is 18.1. The van der Waals surface area contributed by atoms with E-state index in [0.717, 1.165) is 86.2 Å². The highest BCUT2D eigenvalue weighted by atomic mass is 19.1. The third-order valence-corrected chi connectivity index (χ3v) is 14.2. The monoisotopic (exact) mass is 891 g/mol. The van der Waals surface area contributed by atoms with Crippen LogP contribution in [-0.2, 0) is 9.59 Å². The predicted octanol–water partition coefficient (Wildman–Crippen LogP) is 5.95. The number of piperazine rings is 1. The van der Waals surface area contributed by atoms with E-state index in [2.05, 4.69) is 50.1 Å². The molecule has 0 spiro atoms. The molecular weight excluding hydrogens is 838 g/mol. The molecule has 3 aromatic carbocycles. The van der Waals surface area contributed by atoms with Gasteiger partial charge in [-0.15, -0.1) is 6.42 Å². The van der Waals surface area contributed by atoms with Gasteiger partial charge < -0.3 is 24.8 Å². The van der Waals surface area contributed by atoms with E-state index < -0.39 is 35.5 Å². The number of carbonyl (C=O) groups excluding carboxylic acids is 4. The van der Waals surface area contributed by atoms with Crippen LogP contribution in [-0.4, -0.2) is 119 Å². The van der Waals surface area contributed by atoms with Gasteiger partial charge in [-0.3, -0.25) is 34.4 Å². The zero-order chi connectivity index (χ0) is 45.6. The number of fused-ring (bicyclic) bond motifs is 3. The topological polar surface area (TPSA) is 153 Å². The number of benzene rings is 3. The third kappa shape index (κ3) is 8.21. The van der Waals surface area contributed by atoms with Crippen molar-refractivity contribution in [3.63, 3.8) is 0 Å². The van der Waals surface area contributed by atoms with Crippen LogP contribution in [0.15, 0.2) is 60.8 Å². The fourth-order valence-electron chi connectivity index (χ4n) is 10.9. The summed E-state index contributed by atoms with van der Waals surface area (Å²) in [6, 6.07) is 16.3. The maximum absolute atomic E-state index is 16.9. The molecule has 2 N–H and O–H groups in total. The number of ether oxygens (including phenoxy) is 1. The molecule has 0 aliphatic carbocycles. The van der Waals surface area contributed by atoms with Crippen molar-refractivity contribution in [1.82, 2.24) is 35.4 Å². The van der Waals surface area contributed by atoms with E-state index in [1.165, 1.54) is 0 Å². The Morgan fingerprint density at radius 2 is 1.55 bits per heavy atom. The van der Waals surface area contributed by atoms with Gasteiger partial charge in [0, 0.05) is 73.9 Å². The first kappa shape index (κ1) is 43.4. The number of pyridine rings is 1. The van der Waals surface area contributed by atoms with Crippen LogP contribution in [0.4, 0.5) is 15.9 Å². The lowest BCUT2D eigenvalue weighted by atomic mass is 9.91. The number of rotatable bonds is 10. The Hall–Kier alpha value is -6.50. The van der Waals surface area contributed by atoms with Crippen LogP contribution in [0.2, 0.25) is 0 Å². The van der Waals surface area contributed by atoms with E-state index in [1.54, 1.807) is 18.3 Å². The Morgan fingerprint density at radius 3 is 2.29 bits per heavy atom. The van der Waals surface area contributed by atoms with E-state index >= 15 is 4.39 Å². The van der Waals surface area contributed by atoms with Gasteiger partial charge in [-0.2, -0.15) is 9.97 Å². The van der Waals surface area contributed by atoms with Gasteiger partial charge in [0.1, 0.15) is 23.1 Å². The van der Waals surface area contributed by atoms with Crippen molar-refractivity contribution >= 4 is 56.8 Å². The Labute approximate surface area is 383 Å². The van der Waals surface area contributed by atoms with Crippen molar-refractivity contribution in [1.29, 1.82) is 0 Å². The molecule has 5 aliphatic heterocycles. The summed E-state index contributed by atoms with van der Waals surface area (Å²) in [6.45, 7) is 10.6. The molecule has 15 heteroatoms. The number of piperidine rings is 3. The maximum Gasteiger partial charge on any atom is 0.319 e. The number of nitrogens with zero attached hydrogens (tertiary/aromatic N) is 7. The number of aromatic nitrogens is 3. The van der Waals surface area contributed by atoms with Crippen LogP contribution in [0.25, 0.3) is 32.9 Å². The average Bonchev–Trinajstić information content (AvgIpc) is 3.57. The summed E-state index contributed by atoms with van der Waals surface area (Å²) in [4.78, 5) is 73.8. The van der Waals surface area contributed by atoms with Crippen molar-refractivity contribution in [2.24, 2.45) is 11.8 Å². The zero-order valence-electron chi connectivity index (χ0n) is 37.4. The number of carbonyl (C=O) groups is 4. The number of likely N-dealkylation sites (tertiary alicyclic amines) is 1. The van der Waals surface area contributed by atoms with Gasteiger partial charge in [0.05, 0.1) is 28.8 Å². The highest BCUT2D eigenvalue weighted by Crippen LogP contribution is 2.38. The molecule has 3 atom stereocenters. The van der Waals surface area contributed by atoms with Crippen molar-refractivity contribution in [3.8, 4) is 29.6 Å². The molecule has 3 unspecified atom stereocenters. The number of amides is 4. The summed E-state index contributed by atoms with van der Waals surface area (Å²) < 4.78 is 23.3. The van der Waals surface area contributed by atoms with Gasteiger partial charge in [0.2, 0.25) is 11.8 Å². The lowest BCUT2D eigenvalue weighted by Crippen LogP contribution is -2.54. The van der Waals surface area contributed by atoms with Crippen LogP contribution in [0.5, 0.6) is 6.01 Å². The summed E-state index contributed by atoms with van der Waals surface area (Å²) in [5, 5.41) is 8.06. The summed E-state index contributed by atoms with van der Waals surface area (Å²) in [6.07, 6.45) is 12.6. The lowest BCUT2D eigenvalue weighted by Gasteiger charge is -2.38. The minimum atomic E-state index is -0.988. The number of terminal acetylenes is 1. The molecule has 0 radical (unpaired) electrons. The number of halogens is 1. The fraction of sp³-hybridized carbons (Fsp3) is 0.431. The predicted molar refractivity (Wildman–Crippen MR) is 250 cm³/mol. The van der Waals surface area contributed by atoms with Crippen molar-refractivity contribution in [3.05, 3.63) is 83.3 Å². The van der Waals surface area contributed by atoms with Crippen LogP contribution < -0.4 is 25.2 Å². The first-order valence-corrected chi connectivity index (χ1v) is 23.3. The maximum atomic E-state index is 16.9. The minimum absolute atomic E-state index is 0.0854. The highest BCUT2D eigenvalue weighted by Gasteiger charge is 2.46. The standard InChI is InChI=1S/C51H54FN9O5/c1-4-34-8-5-9-35-10-6-11-36(42(34)35)45-44(52)46-38(26-53-45)47(60-27-30(2)54-31(3)28-60)57-51(56-46)66-25-20-32-16-21-58(22-17-32)29-33-18-23-59(24-19-33)39-13-7-12-37-43(39)50(65)61(49(37)64)40-14-15-41(62)55-48(40)63/h1,5-13,26,30-33,40,54H,14-25,27-29H2,2-3H3,(H,55,62,63). The van der Waals surface area contributed by atoms with Crippen molar-refractivity contribution < 1.29 is 28.3 Å². The van der Waals surface area contributed by atoms with Gasteiger partial charge in [-0.1, -0.05) is 42.3 Å². The lowest BCUT2D eigenvalue weighted by molar-refractivity contribution is -0.136. The smallest absolute Gasteiger partial charge is 0.319 e. The normalized spacial score (nSPS) is 22.3. The largest absolute Gasteiger partial charge is 0.463 e. The summed E-state index contributed by atoms with van der Waals surface area (Å²) in [7, 11) is 0. The molecule has 10 rings (SSSR count). The van der Waals surface area contributed by atoms with Crippen LogP contribution in [0.3, 0.4) is 0 Å². The molecule has 4 saturated heterocycles. The molecule has 2 aromatic heterocycles. The molecule has 4 fully saturated rings. The van der Waals surface area contributed by atoms with Gasteiger partial charge in [-0.05, 0) is 101 Å². The van der Waals surface area contributed by atoms with Gasteiger partial charge in [0.15, 0.2) is 5.82 Å². The quantitative estimate of drug-likeness (QED) is 0.126. The molecule has 7 heterocycles. The number of hydrogen-bond acceptors (Lipinski definition) is 12. The van der Waals surface area contributed by atoms with Crippen molar-refractivity contribution in [2.75, 3.05) is 62.2 Å². The summed E-state index contributed by atoms with van der Waals surface area (Å²) in [5.74, 6) is 1.86. The Kier molecular flexibility index (Phi) is 11.9. The minimum Gasteiger partial charge on any atom is -0.463 e. The fourth-order valence-corrected chi connectivity index (χ4v) is 10.9. The Bertz CT molecular complexity index is 2780. The van der Waals surface area contributed by atoms with Crippen LogP contribution in [0.1, 0.15) is 85.1 Å². The molecule has 5 aliphatic rings. The number of nitrogens with one attached hydrogen (secondary N) is 2. The van der Waals surface area contributed by atoms with E-state index in [1.807, 2.05) is 42.5 Å². The highest BCUT2D eigenvalue weighted by molar-refractivity contribution is 6.25. The second-order valence-corrected chi connectivity index (χ2v) is 18.7. The van der Waals surface area contributed by atoms with Crippen LogP contribution in [0, 0.1) is 30.0 Å². The number of anilines is 2. The molecule has 5 aromatic rings. The molecular formula is C51H54FN9O5. The summed E-state index contributed by atoms with van der Waals surface area (Å²) >= 11 is 0. The Morgan fingerprint density at radius 1 is 0.833 bits per heavy atom. The Balaban J connectivity index is 0.767. The van der Waals surface area contributed by atoms with Gasteiger partial charge in [0.25, 0.3) is 11.8 Å². The van der Waals surface area contributed by atoms with Crippen LogP contribution >= 0.6 is 0 Å². The zero-order valence-corrected chi connectivity index (χ0v) is 37.4. The van der Waals surface area contributed by atoms with Crippen molar-refractivity contribution in [2.45, 2.75) is 76.9 Å². The van der Waals surface area contributed by atoms with E-state index in [-0.39, 0.29) is 42.1 Å². The first-order valence-electron chi connectivity index (χ1n) is 23.3. The number of hydrogen-bond donors (Lipinski definition) is 2. The van der Waals surface area contributed by atoms with E-state index in [0.29, 0.717) is 65.0 Å². The first-order chi connectivity index (χ1) is 32.0. The SMILES string of the molecule is C#Cc1cccc2cccc(-c3ncc4c(N5CC(C)NC(C)C5)nc(OCCC5CCN(CC6CCN(c7cccc8c7C(=O)N(C7CCC(=O)NC7=O)C8=O)CC6)CC5)nc4c3F)c12. The number of imide groups is 2. The van der Waals surface area contributed by atoms with E-state index in [9.17, 15) is 19.2 Å². The molecule has 340 valence electrons. The molecule has 0 bridgehead atoms. The van der Waals surface area contributed by atoms with Gasteiger partial charge in [-0.25, -0.2) is 4.39 Å². The molecule has 14 nitrogen and oxygen atoms in total. The molecule has 66 heavy (non-hydrogen) atoms.